The summed E-state index contributed by atoms with van der Waals surface area (Å²) in [4.78, 5) is 11.6. The highest BCUT2D eigenvalue weighted by atomic mass is 16.7. The Labute approximate surface area is 103 Å². The summed E-state index contributed by atoms with van der Waals surface area (Å²) in [6, 6.07) is 0. The van der Waals surface area contributed by atoms with E-state index in [-0.39, 0.29) is 26.0 Å². The molecule has 0 fully saturated rings. The molecular formula is C12H24O5. The van der Waals surface area contributed by atoms with Crippen LogP contribution < -0.4 is 0 Å². The predicted octanol–water partition coefficient (Wildman–Crippen LogP) is 1.34. The first-order chi connectivity index (χ1) is 7.94. The second-order valence-electron chi connectivity index (χ2n) is 4.47. The van der Waals surface area contributed by atoms with Crippen molar-refractivity contribution in [1.82, 2.24) is 0 Å². The van der Waals surface area contributed by atoms with Gasteiger partial charge in [-0.2, -0.15) is 0 Å². The molecule has 17 heavy (non-hydrogen) atoms. The molecule has 0 saturated heterocycles. The molecule has 0 heterocycles. The molecule has 1 N–H and O–H groups in total. The summed E-state index contributed by atoms with van der Waals surface area (Å²) in [6.45, 7) is 8.16. The van der Waals surface area contributed by atoms with Crippen molar-refractivity contribution in [2.24, 2.45) is 5.41 Å². The van der Waals surface area contributed by atoms with Crippen LogP contribution in [0.25, 0.3) is 0 Å². The third-order valence-corrected chi connectivity index (χ3v) is 2.52. The molecule has 0 amide bonds. The number of carbonyl (C=O) groups excluding carboxylic acids is 1. The summed E-state index contributed by atoms with van der Waals surface area (Å²) < 4.78 is 15.0. The average Bonchev–Trinajstić information content (AvgIpc) is 2.31. The van der Waals surface area contributed by atoms with E-state index >= 15 is 0 Å². The van der Waals surface area contributed by atoms with Crippen molar-refractivity contribution in [1.29, 1.82) is 0 Å². The highest BCUT2D eigenvalue weighted by Crippen LogP contribution is 2.21. The Morgan fingerprint density at radius 1 is 1.24 bits per heavy atom. The first-order valence-electron chi connectivity index (χ1n) is 5.94. The minimum Gasteiger partial charge on any atom is -0.462 e. The zero-order valence-corrected chi connectivity index (χ0v) is 11.2. The molecule has 0 bridgehead atoms. The average molecular weight is 248 g/mol. The molecular weight excluding hydrogens is 224 g/mol. The van der Waals surface area contributed by atoms with Gasteiger partial charge in [0.15, 0.2) is 0 Å². The van der Waals surface area contributed by atoms with Gasteiger partial charge in [-0.15, -0.1) is 0 Å². The van der Waals surface area contributed by atoms with Crippen molar-refractivity contribution in [3.8, 4) is 0 Å². The topological polar surface area (TPSA) is 65.0 Å². The van der Waals surface area contributed by atoms with E-state index in [1.807, 2.05) is 27.7 Å². The Balaban J connectivity index is 3.69. The van der Waals surface area contributed by atoms with Crippen LogP contribution in [-0.2, 0) is 19.0 Å². The molecule has 0 rings (SSSR count). The van der Waals surface area contributed by atoms with Gasteiger partial charge in [-0.1, -0.05) is 6.92 Å². The fourth-order valence-electron chi connectivity index (χ4n) is 0.886. The highest BCUT2D eigenvalue weighted by Gasteiger charge is 2.27. The van der Waals surface area contributed by atoms with Crippen LogP contribution in [0.4, 0.5) is 0 Å². The predicted molar refractivity (Wildman–Crippen MR) is 63.5 cm³/mol. The zero-order chi connectivity index (χ0) is 13.3. The maximum atomic E-state index is 11.6. The lowest BCUT2D eigenvalue weighted by Gasteiger charge is -2.21. The summed E-state index contributed by atoms with van der Waals surface area (Å²) in [5.41, 5.74) is -0.508. The van der Waals surface area contributed by atoms with Crippen LogP contribution in [-0.4, -0.2) is 43.8 Å². The third kappa shape index (κ3) is 7.31. The molecule has 0 aromatic heterocycles. The van der Waals surface area contributed by atoms with E-state index in [4.69, 9.17) is 14.2 Å². The molecule has 0 aliphatic heterocycles. The fourth-order valence-corrected chi connectivity index (χ4v) is 0.886. The SMILES string of the molecule is CCOCOCC(O)COC(=O)C(C)(C)CC. The van der Waals surface area contributed by atoms with Crippen molar-refractivity contribution in [2.75, 3.05) is 26.6 Å². The normalized spacial score (nSPS) is 13.5. The summed E-state index contributed by atoms with van der Waals surface area (Å²) in [6.07, 6.45) is -0.116. The van der Waals surface area contributed by atoms with Gasteiger partial charge < -0.3 is 19.3 Å². The quantitative estimate of drug-likeness (QED) is 0.379. The lowest BCUT2D eigenvalue weighted by molar-refractivity contribution is -0.159. The van der Waals surface area contributed by atoms with Gasteiger partial charge in [-0.3, -0.25) is 4.79 Å². The van der Waals surface area contributed by atoms with Gasteiger partial charge in [-0.05, 0) is 27.2 Å². The van der Waals surface area contributed by atoms with Crippen LogP contribution >= 0.6 is 0 Å². The van der Waals surface area contributed by atoms with Crippen molar-refractivity contribution < 1.29 is 24.1 Å². The number of rotatable bonds is 9. The van der Waals surface area contributed by atoms with E-state index in [1.165, 1.54) is 0 Å². The van der Waals surface area contributed by atoms with Crippen LogP contribution in [0, 0.1) is 5.41 Å². The van der Waals surface area contributed by atoms with Crippen LogP contribution in [0.3, 0.4) is 0 Å². The molecule has 0 spiro atoms. The van der Waals surface area contributed by atoms with Crippen molar-refractivity contribution in [3.63, 3.8) is 0 Å². The van der Waals surface area contributed by atoms with Crippen LogP contribution in [0.5, 0.6) is 0 Å². The van der Waals surface area contributed by atoms with Crippen LogP contribution in [0.2, 0.25) is 0 Å². The second-order valence-corrected chi connectivity index (χ2v) is 4.47. The second kappa shape index (κ2) is 8.44. The number of esters is 1. The van der Waals surface area contributed by atoms with E-state index in [0.29, 0.717) is 13.0 Å². The lowest BCUT2D eigenvalue weighted by Crippen LogP contribution is -2.30. The smallest absolute Gasteiger partial charge is 0.311 e. The Morgan fingerprint density at radius 3 is 2.41 bits per heavy atom. The van der Waals surface area contributed by atoms with Gasteiger partial charge in [0.05, 0.1) is 12.0 Å². The Bertz CT molecular complexity index is 215. The molecule has 0 aliphatic rings. The number of ether oxygens (including phenoxy) is 3. The van der Waals surface area contributed by atoms with E-state index in [9.17, 15) is 9.90 Å². The monoisotopic (exact) mass is 248 g/mol. The Morgan fingerprint density at radius 2 is 1.88 bits per heavy atom. The van der Waals surface area contributed by atoms with Crippen LogP contribution in [0.1, 0.15) is 34.1 Å². The maximum absolute atomic E-state index is 11.6. The summed E-state index contributed by atoms with van der Waals surface area (Å²) in [5.74, 6) is -0.302. The lowest BCUT2D eigenvalue weighted by atomic mass is 9.91. The molecule has 1 unspecified atom stereocenters. The zero-order valence-electron chi connectivity index (χ0n) is 11.2. The van der Waals surface area contributed by atoms with Crippen molar-refractivity contribution in [2.45, 2.75) is 40.2 Å². The number of hydrogen-bond acceptors (Lipinski definition) is 5. The van der Waals surface area contributed by atoms with E-state index < -0.39 is 11.5 Å². The van der Waals surface area contributed by atoms with Crippen molar-refractivity contribution >= 4 is 5.97 Å². The van der Waals surface area contributed by atoms with Gasteiger partial charge in [0.25, 0.3) is 0 Å². The van der Waals surface area contributed by atoms with E-state index in [1.54, 1.807) is 0 Å². The van der Waals surface area contributed by atoms with Crippen LogP contribution in [0.15, 0.2) is 0 Å². The number of carbonyl (C=O) groups is 1. The molecule has 0 aromatic rings. The first-order valence-corrected chi connectivity index (χ1v) is 5.94. The summed E-state index contributed by atoms with van der Waals surface area (Å²) in [7, 11) is 0. The fraction of sp³-hybridized carbons (Fsp3) is 0.917. The Hall–Kier alpha value is -0.650. The van der Waals surface area contributed by atoms with E-state index in [0.717, 1.165) is 0 Å². The molecule has 1 atom stereocenters. The molecule has 0 aliphatic carbocycles. The van der Waals surface area contributed by atoms with Gasteiger partial charge in [0.2, 0.25) is 0 Å². The van der Waals surface area contributed by atoms with Gasteiger partial charge in [-0.25, -0.2) is 0 Å². The van der Waals surface area contributed by atoms with Gasteiger partial charge >= 0.3 is 5.97 Å². The number of hydrogen-bond donors (Lipinski definition) is 1. The van der Waals surface area contributed by atoms with Gasteiger partial charge in [0, 0.05) is 6.61 Å². The third-order valence-electron chi connectivity index (χ3n) is 2.52. The van der Waals surface area contributed by atoms with E-state index in [2.05, 4.69) is 0 Å². The number of aliphatic hydroxyl groups is 1. The maximum Gasteiger partial charge on any atom is 0.311 e. The molecule has 0 aromatic carbocycles. The molecule has 0 radical (unpaired) electrons. The minimum atomic E-state index is -0.813. The first kappa shape index (κ1) is 16.4. The molecule has 5 heteroatoms. The molecule has 5 nitrogen and oxygen atoms in total. The van der Waals surface area contributed by atoms with Crippen molar-refractivity contribution in [3.05, 3.63) is 0 Å². The Kier molecular flexibility index (Phi) is 8.12. The molecule has 102 valence electrons. The standard InChI is InChI=1S/C12H24O5/c1-5-12(3,4)11(14)17-8-10(13)7-16-9-15-6-2/h10,13H,5-9H2,1-4H3. The largest absolute Gasteiger partial charge is 0.462 e. The summed E-state index contributed by atoms with van der Waals surface area (Å²) in [5, 5.41) is 9.48. The summed E-state index contributed by atoms with van der Waals surface area (Å²) >= 11 is 0. The molecule has 0 saturated carbocycles. The highest BCUT2D eigenvalue weighted by molar-refractivity contribution is 5.75. The van der Waals surface area contributed by atoms with Gasteiger partial charge in [0.1, 0.15) is 19.5 Å². The minimum absolute atomic E-state index is 0.0472. The number of aliphatic hydroxyl groups excluding tert-OH is 1.